The van der Waals surface area contributed by atoms with E-state index in [1.54, 1.807) is 25.1 Å². The summed E-state index contributed by atoms with van der Waals surface area (Å²) in [5.41, 5.74) is 2.30. The Labute approximate surface area is 116 Å². The predicted molar refractivity (Wildman–Crippen MR) is 76.3 cm³/mol. The topological polar surface area (TPSA) is 50.2 Å². The number of halogens is 1. The third-order valence-corrected chi connectivity index (χ3v) is 3.02. The summed E-state index contributed by atoms with van der Waals surface area (Å²) in [5, 5.41) is 9.59. The highest BCUT2D eigenvalue weighted by Crippen LogP contribution is 2.18. The number of hydrogen-bond acceptors (Lipinski definition) is 2. The maximum atomic E-state index is 10.9. The van der Waals surface area contributed by atoms with Crippen LogP contribution in [0.1, 0.15) is 27.3 Å². The molecule has 0 atom stereocenters. The molecule has 0 aliphatic heterocycles. The van der Waals surface area contributed by atoms with E-state index in [0.29, 0.717) is 16.4 Å². The lowest BCUT2D eigenvalue weighted by Gasteiger charge is -2.01. The number of rotatable bonds is 3. The molecular weight excluding hydrogens is 262 g/mol. The molecule has 3 nitrogen and oxygen atoms in total. The first kappa shape index (κ1) is 13.3. The largest absolute Gasteiger partial charge is 0.478 e. The van der Waals surface area contributed by atoms with Crippen LogP contribution in [0.5, 0.6) is 0 Å². The lowest BCUT2D eigenvalue weighted by Crippen LogP contribution is -2.01. The van der Waals surface area contributed by atoms with Crippen LogP contribution in [-0.2, 0) is 0 Å². The Balaban J connectivity index is 2.27. The fourth-order valence-electron chi connectivity index (χ4n) is 1.68. The van der Waals surface area contributed by atoms with Gasteiger partial charge in [0.05, 0.1) is 17.0 Å². The first-order chi connectivity index (χ1) is 9.08. The SMILES string of the molecule is Cc1nc(C=Cc2ccccc2Cl)ccc1C(=O)O. The summed E-state index contributed by atoms with van der Waals surface area (Å²) >= 11 is 6.04. The molecule has 0 unspecified atom stereocenters. The average Bonchev–Trinajstić information content (AvgIpc) is 2.37. The standard InChI is InChI=1S/C15H12ClNO2/c1-10-13(15(18)19)9-8-12(17-10)7-6-11-4-2-3-5-14(11)16/h2-9H,1H3,(H,18,19). The molecular formula is C15H12ClNO2. The Bertz CT molecular complexity index is 650. The molecule has 0 saturated heterocycles. The third-order valence-electron chi connectivity index (χ3n) is 2.68. The zero-order valence-corrected chi connectivity index (χ0v) is 11.1. The number of aryl methyl sites for hydroxylation is 1. The molecule has 1 aromatic heterocycles. The molecule has 2 rings (SSSR count). The minimum atomic E-state index is -0.966. The van der Waals surface area contributed by atoms with Gasteiger partial charge in [-0.25, -0.2) is 4.79 Å². The van der Waals surface area contributed by atoms with Crippen molar-refractivity contribution in [1.82, 2.24) is 4.98 Å². The Morgan fingerprint density at radius 3 is 2.58 bits per heavy atom. The van der Waals surface area contributed by atoms with Gasteiger partial charge >= 0.3 is 5.97 Å². The molecule has 1 aromatic carbocycles. The second-order valence-corrected chi connectivity index (χ2v) is 4.44. The first-order valence-electron chi connectivity index (χ1n) is 5.71. The van der Waals surface area contributed by atoms with E-state index in [1.165, 1.54) is 0 Å². The maximum Gasteiger partial charge on any atom is 0.337 e. The van der Waals surface area contributed by atoms with Crippen LogP contribution in [0.25, 0.3) is 12.2 Å². The fraction of sp³-hybridized carbons (Fsp3) is 0.0667. The van der Waals surface area contributed by atoms with E-state index in [4.69, 9.17) is 16.7 Å². The molecule has 0 aliphatic rings. The highest BCUT2D eigenvalue weighted by molar-refractivity contribution is 6.32. The van der Waals surface area contributed by atoms with Crippen LogP contribution in [0.15, 0.2) is 36.4 Å². The van der Waals surface area contributed by atoms with Crippen LogP contribution in [0.2, 0.25) is 5.02 Å². The van der Waals surface area contributed by atoms with Crippen LogP contribution >= 0.6 is 11.6 Å². The van der Waals surface area contributed by atoms with Crippen LogP contribution in [0, 0.1) is 6.92 Å². The predicted octanol–water partition coefficient (Wildman–Crippen LogP) is 3.91. The molecule has 0 spiro atoms. The van der Waals surface area contributed by atoms with Gasteiger partial charge in [-0.15, -0.1) is 0 Å². The molecule has 96 valence electrons. The summed E-state index contributed by atoms with van der Waals surface area (Å²) < 4.78 is 0. The van der Waals surface area contributed by atoms with Crippen molar-refractivity contribution in [2.45, 2.75) is 6.92 Å². The van der Waals surface area contributed by atoms with Gasteiger partial charge in [-0.1, -0.05) is 35.9 Å². The van der Waals surface area contributed by atoms with E-state index in [2.05, 4.69) is 4.98 Å². The molecule has 0 radical (unpaired) electrons. The Hall–Kier alpha value is -2.13. The highest BCUT2D eigenvalue weighted by Gasteiger charge is 2.07. The zero-order valence-electron chi connectivity index (χ0n) is 10.3. The fourth-order valence-corrected chi connectivity index (χ4v) is 1.88. The van der Waals surface area contributed by atoms with Gasteiger partial charge in [0.15, 0.2) is 0 Å². The van der Waals surface area contributed by atoms with Crippen molar-refractivity contribution in [2.75, 3.05) is 0 Å². The smallest absolute Gasteiger partial charge is 0.337 e. The number of carbonyl (C=O) groups is 1. The van der Waals surface area contributed by atoms with E-state index >= 15 is 0 Å². The number of hydrogen-bond donors (Lipinski definition) is 1. The third kappa shape index (κ3) is 3.20. The van der Waals surface area contributed by atoms with Gasteiger partial charge in [0, 0.05) is 5.02 Å². The lowest BCUT2D eigenvalue weighted by atomic mass is 10.1. The van der Waals surface area contributed by atoms with Gasteiger partial charge in [0.1, 0.15) is 0 Å². The van der Waals surface area contributed by atoms with E-state index in [1.807, 2.05) is 30.3 Å². The Morgan fingerprint density at radius 1 is 1.21 bits per heavy atom. The molecule has 2 aromatic rings. The van der Waals surface area contributed by atoms with Gasteiger partial charge in [-0.3, -0.25) is 4.98 Å². The summed E-state index contributed by atoms with van der Waals surface area (Å²) in [5.74, 6) is -0.966. The summed E-state index contributed by atoms with van der Waals surface area (Å²) in [7, 11) is 0. The monoisotopic (exact) mass is 273 g/mol. The van der Waals surface area contributed by atoms with E-state index in [0.717, 1.165) is 5.56 Å². The molecule has 0 bridgehead atoms. The second-order valence-electron chi connectivity index (χ2n) is 4.03. The van der Waals surface area contributed by atoms with Crippen molar-refractivity contribution in [3.05, 3.63) is 63.9 Å². The van der Waals surface area contributed by atoms with Gasteiger partial charge in [0.25, 0.3) is 0 Å². The van der Waals surface area contributed by atoms with Crippen molar-refractivity contribution in [1.29, 1.82) is 0 Å². The minimum Gasteiger partial charge on any atom is -0.478 e. The first-order valence-corrected chi connectivity index (χ1v) is 6.09. The second kappa shape index (κ2) is 5.67. The highest BCUT2D eigenvalue weighted by atomic mass is 35.5. The Kier molecular flexibility index (Phi) is 3.97. The lowest BCUT2D eigenvalue weighted by molar-refractivity contribution is 0.0695. The van der Waals surface area contributed by atoms with E-state index < -0.39 is 5.97 Å². The number of nitrogens with zero attached hydrogens (tertiary/aromatic N) is 1. The maximum absolute atomic E-state index is 10.9. The van der Waals surface area contributed by atoms with Crippen molar-refractivity contribution in [2.24, 2.45) is 0 Å². The summed E-state index contributed by atoms with van der Waals surface area (Å²) in [6.07, 6.45) is 3.66. The summed E-state index contributed by atoms with van der Waals surface area (Å²) in [6.45, 7) is 1.68. The number of pyridine rings is 1. The number of aromatic carboxylic acids is 1. The molecule has 4 heteroatoms. The number of carboxylic acid groups (broad SMARTS) is 1. The molecule has 0 saturated carbocycles. The number of carboxylic acids is 1. The molecule has 1 heterocycles. The van der Waals surface area contributed by atoms with Crippen molar-refractivity contribution >= 4 is 29.7 Å². The van der Waals surface area contributed by atoms with Crippen molar-refractivity contribution in [3.63, 3.8) is 0 Å². The number of aromatic nitrogens is 1. The molecule has 0 amide bonds. The van der Waals surface area contributed by atoms with Gasteiger partial charge in [0.2, 0.25) is 0 Å². The van der Waals surface area contributed by atoms with Crippen molar-refractivity contribution in [3.8, 4) is 0 Å². The quantitative estimate of drug-likeness (QED) is 0.922. The van der Waals surface area contributed by atoms with Crippen LogP contribution in [0.4, 0.5) is 0 Å². The van der Waals surface area contributed by atoms with E-state index in [9.17, 15) is 4.79 Å². The molecule has 0 fully saturated rings. The van der Waals surface area contributed by atoms with Crippen molar-refractivity contribution < 1.29 is 9.90 Å². The van der Waals surface area contributed by atoms with Gasteiger partial charge in [-0.05, 0) is 36.8 Å². The van der Waals surface area contributed by atoms with Crippen LogP contribution in [-0.4, -0.2) is 16.1 Å². The minimum absolute atomic E-state index is 0.217. The molecule has 0 aliphatic carbocycles. The number of benzene rings is 1. The van der Waals surface area contributed by atoms with Gasteiger partial charge in [-0.2, -0.15) is 0 Å². The molecule has 1 N–H and O–H groups in total. The summed E-state index contributed by atoms with van der Waals surface area (Å²) in [4.78, 5) is 15.1. The Morgan fingerprint density at radius 2 is 1.95 bits per heavy atom. The normalized spacial score (nSPS) is 10.8. The van der Waals surface area contributed by atoms with Crippen LogP contribution in [0.3, 0.4) is 0 Å². The van der Waals surface area contributed by atoms with E-state index in [-0.39, 0.29) is 5.56 Å². The summed E-state index contributed by atoms with van der Waals surface area (Å²) in [6, 6.07) is 10.7. The zero-order chi connectivity index (χ0) is 13.8. The van der Waals surface area contributed by atoms with Gasteiger partial charge < -0.3 is 5.11 Å². The molecule has 19 heavy (non-hydrogen) atoms. The van der Waals surface area contributed by atoms with Crippen LogP contribution < -0.4 is 0 Å². The average molecular weight is 274 g/mol.